The van der Waals surface area contributed by atoms with Gasteiger partial charge >= 0.3 is 6.36 Å². The first-order valence-electron chi connectivity index (χ1n) is 3.24. The SMILES string of the molecule is N#Cc1cc(I)cnc1OC(F)(F)F. The molecule has 0 radical (unpaired) electrons. The highest BCUT2D eigenvalue weighted by Crippen LogP contribution is 2.24. The predicted octanol–water partition coefficient (Wildman–Crippen LogP) is 2.46. The fourth-order valence-corrected chi connectivity index (χ4v) is 1.15. The molecule has 1 aromatic heterocycles. The van der Waals surface area contributed by atoms with Gasteiger partial charge in [0.15, 0.2) is 0 Å². The molecular formula is C7H2F3IN2O. The minimum atomic E-state index is -4.83. The molecule has 3 nitrogen and oxygen atoms in total. The topological polar surface area (TPSA) is 45.9 Å². The van der Waals surface area contributed by atoms with Gasteiger partial charge in [-0.05, 0) is 28.7 Å². The molecule has 0 saturated heterocycles. The summed E-state index contributed by atoms with van der Waals surface area (Å²) in [5.74, 6) is -0.722. The van der Waals surface area contributed by atoms with Gasteiger partial charge < -0.3 is 4.74 Å². The molecule has 0 spiro atoms. The molecule has 74 valence electrons. The number of aromatic nitrogens is 1. The molecule has 1 aromatic rings. The standard InChI is InChI=1S/C7H2F3IN2O/c8-7(9,10)14-6-4(2-12)1-5(11)3-13-6/h1,3H. The fraction of sp³-hybridized carbons (Fsp3) is 0.143. The van der Waals surface area contributed by atoms with Gasteiger partial charge in [-0.2, -0.15) is 5.26 Å². The van der Waals surface area contributed by atoms with Gasteiger partial charge in [0.1, 0.15) is 11.6 Å². The Morgan fingerprint density at radius 2 is 2.14 bits per heavy atom. The lowest BCUT2D eigenvalue weighted by molar-refractivity contribution is -0.276. The van der Waals surface area contributed by atoms with Crippen LogP contribution in [0.3, 0.4) is 0 Å². The van der Waals surface area contributed by atoms with Gasteiger partial charge in [0.25, 0.3) is 0 Å². The van der Waals surface area contributed by atoms with E-state index in [0.717, 1.165) is 0 Å². The summed E-state index contributed by atoms with van der Waals surface area (Å²) >= 11 is 1.83. The summed E-state index contributed by atoms with van der Waals surface area (Å²) in [6.45, 7) is 0. The predicted molar refractivity (Wildman–Crippen MR) is 48.4 cm³/mol. The van der Waals surface area contributed by atoms with E-state index in [9.17, 15) is 13.2 Å². The third-order valence-electron chi connectivity index (χ3n) is 1.15. The number of ether oxygens (including phenoxy) is 1. The summed E-state index contributed by atoms with van der Waals surface area (Å²) in [5, 5.41) is 8.50. The molecule has 0 aliphatic heterocycles. The van der Waals surface area contributed by atoms with Gasteiger partial charge in [-0.3, -0.25) is 0 Å². The first kappa shape index (κ1) is 11.0. The van der Waals surface area contributed by atoms with E-state index in [4.69, 9.17) is 5.26 Å². The van der Waals surface area contributed by atoms with Crippen molar-refractivity contribution in [2.45, 2.75) is 6.36 Å². The van der Waals surface area contributed by atoms with Gasteiger partial charge in [0.05, 0.1) is 0 Å². The smallest absolute Gasteiger partial charge is 0.386 e. The van der Waals surface area contributed by atoms with Crippen molar-refractivity contribution >= 4 is 22.6 Å². The maximum Gasteiger partial charge on any atom is 0.574 e. The van der Waals surface area contributed by atoms with Crippen molar-refractivity contribution in [2.24, 2.45) is 0 Å². The maximum atomic E-state index is 11.8. The Labute approximate surface area is 90.6 Å². The largest absolute Gasteiger partial charge is 0.574 e. The van der Waals surface area contributed by atoms with Crippen LogP contribution in [0, 0.1) is 14.9 Å². The normalized spacial score (nSPS) is 10.8. The van der Waals surface area contributed by atoms with Crippen molar-refractivity contribution in [1.29, 1.82) is 5.26 Å². The lowest BCUT2D eigenvalue weighted by atomic mass is 10.3. The summed E-state index contributed by atoms with van der Waals surface area (Å²) in [5.41, 5.74) is -0.241. The van der Waals surface area contributed by atoms with Crippen molar-refractivity contribution in [2.75, 3.05) is 0 Å². The van der Waals surface area contributed by atoms with Crippen LogP contribution in [-0.4, -0.2) is 11.3 Å². The van der Waals surface area contributed by atoms with E-state index < -0.39 is 12.2 Å². The molecule has 0 bridgehead atoms. The maximum absolute atomic E-state index is 11.8. The highest BCUT2D eigenvalue weighted by molar-refractivity contribution is 14.1. The van der Waals surface area contributed by atoms with Crippen molar-refractivity contribution in [3.8, 4) is 11.9 Å². The van der Waals surface area contributed by atoms with Gasteiger partial charge in [-0.25, -0.2) is 4.98 Å². The number of rotatable bonds is 1. The Balaban J connectivity index is 3.05. The van der Waals surface area contributed by atoms with Crippen LogP contribution in [0.5, 0.6) is 5.88 Å². The molecule has 1 heterocycles. The van der Waals surface area contributed by atoms with Crippen LogP contribution in [0.2, 0.25) is 0 Å². The molecule has 0 amide bonds. The van der Waals surface area contributed by atoms with Crippen molar-refractivity contribution in [3.63, 3.8) is 0 Å². The van der Waals surface area contributed by atoms with E-state index in [0.29, 0.717) is 3.57 Å². The first-order chi connectivity index (χ1) is 6.42. The minimum Gasteiger partial charge on any atom is -0.386 e. The average molecular weight is 314 g/mol. The van der Waals surface area contributed by atoms with Crippen LogP contribution in [0.4, 0.5) is 13.2 Å². The third kappa shape index (κ3) is 3.02. The molecule has 7 heteroatoms. The molecular weight excluding hydrogens is 312 g/mol. The quantitative estimate of drug-likeness (QED) is 0.748. The van der Waals surface area contributed by atoms with Crippen molar-refractivity contribution < 1.29 is 17.9 Å². The molecule has 0 fully saturated rings. The van der Waals surface area contributed by atoms with Crippen LogP contribution >= 0.6 is 22.6 Å². The summed E-state index contributed by atoms with van der Waals surface area (Å²) in [6.07, 6.45) is -3.64. The number of pyridine rings is 1. The molecule has 0 N–H and O–H groups in total. The number of hydrogen-bond acceptors (Lipinski definition) is 3. The van der Waals surface area contributed by atoms with Gasteiger partial charge in [-0.15, -0.1) is 13.2 Å². The van der Waals surface area contributed by atoms with E-state index >= 15 is 0 Å². The lowest BCUT2D eigenvalue weighted by Gasteiger charge is -2.08. The minimum absolute atomic E-state index is 0.241. The number of nitrogens with zero attached hydrogens (tertiary/aromatic N) is 2. The number of alkyl halides is 3. The number of hydrogen-bond donors (Lipinski definition) is 0. The van der Waals surface area contributed by atoms with E-state index in [1.54, 1.807) is 6.07 Å². The van der Waals surface area contributed by atoms with Crippen molar-refractivity contribution in [3.05, 3.63) is 21.4 Å². The highest BCUT2D eigenvalue weighted by atomic mass is 127. The zero-order valence-electron chi connectivity index (χ0n) is 6.47. The third-order valence-corrected chi connectivity index (χ3v) is 1.74. The molecule has 0 aromatic carbocycles. The highest BCUT2D eigenvalue weighted by Gasteiger charge is 2.32. The van der Waals surface area contributed by atoms with Gasteiger partial charge in [-0.1, -0.05) is 0 Å². The second-order valence-corrected chi connectivity index (χ2v) is 3.41. The Bertz CT molecular complexity index is 386. The molecule has 1 rings (SSSR count). The summed E-state index contributed by atoms with van der Waals surface area (Å²) < 4.78 is 39.5. The van der Waals surface area contributed by atoms with Crippen molar-refractivity contribution in [1.82, 2.24) is 4.98 Å². The second kappa shape index (κ2) is 4.00. The van der Waals surface area contributed by atoms with E-state index in [1.807, 2.05) is 22.6 Å². The fourth-order valence-electron chi connectivity index (χ4n) is 0.698. The first-order valence-corrected chi connectivity index (χ1v) is 4.31. The Hall–Kier alpha value is -1.04. The zero-order valence-corrected chi connectivity index (χ0v) is 8.63. The number of nitriles is 1. The molecule has 0 aliphatic carbocycles. The van der Waals surface area contributed by atoms with Crippen LogP contribution < -0.4 is 4.74 Å². The van der Waals surface area contributed by atoms with Crippen LogP contribution in [-0.2, 0) is 0 Å². The average Bonchev–Trinajstić information content (AvgIpc) is 2.06. The lowest BCUT2D eigenvalue weighted by Crippen LogP contribution is -2.18. The summed E-state index contributed by atoms with van der Waals surface area (Å²) in [7, 11) is 0. The number of halogens is 4. The molecule has 0 aliphatic rings. The molecule has 14 heavy (non-hydrogen) atoms. The zero-order chi connectivity index (χ0) is 10.8. The molecule has 0 unspecified atom stereocenters. The Morgan fingerprint density at radius 3 is 2.64 bits per heavy atom. The van der Waals surface area contributed by atoms with Crippen LogP contribution in [0.15, 0.2) is 12.3 Å². The van der Waals surface area contributed by atoms with E-state index in [-0.39, 0.29) is 5.56 Å². The van der Waals surface area contributed by atoms with Crippen LogP contribution in [0.1, 0.15) is 5.56 Å². The van der Waals surface area contributed by atoms with Crippen LogP contribution in [0.25, 0.3) is 0 Å². The summed E-state index contributed by atoms with van der Waals surface area (Å²) in [4.78, 5) is 3.36. The van der Waals surface area contributed by atoms with E-state index in [2.05, 4.69) is 9.72 Å². The summed E-state index contributed by atoms with van der Waals surface area (Å²) in [6, 6.07) is 2.83. The van der Waals surface area contributed by atoms with E-state index in [1.165, 1.54) is 12.3 Å². The Kier molecular flexibility index (Phi) is 3.15. The monoisotopic (exact) mass is 314 g/mol. The molecule has 0 atom stereocenters. The van der Waals surface area contributed by atoms with Gasteiger partial charge in [0.2, 0.25) is 5.88 Å². The second-order valence-electron chi connectivity index (χ2n) is 2.17. The van der Waals surface area contributed by atoms with Gasteiger partial charge in [0, 0.05) is 9.77 Å². The Morgan fingerprint density at radius 1 is 1.50 bits per heavy atom. The molecule has 0 saturated carbocycles.